The summed E-state index contributed by atoms with van der Waals surface area (Å²) in [6, 6.07) is 14.0. The van der Waals surface area contributed by atoms with E-state index in [-0.39, 0.29) is 42.0 Å². The Kier molecular flexibility index (Phi) is 5.04. The number of nitro groups is 1. The fraction of sp³-hybridized carbons (Fsp3) is 0.143. The molecule has 1 aromatic heterocycles. The molecular formula is C21H17N5O5. The summed E-state index contributed by atoms with van der Waals surface area (Å²) >= 11 is 0. The highest BCUT2D eigenvalue weighted by Gasteiger charge is 2.33. The smallest absolute Gasteiger partial charge is 0.270 e. The third-order valence-corrected chi connectivity index (χ3v) is 4.94. The van der Waals surface area contributed by atoms with Crippen LogP contribution in [0.1, 0.15) is 43.7 Å². The summed E-state index contributed by atoms with van der Waals surface area (Å²) in [5.74, 6) is -0.968. The Morgan fingerprint density at radius 2 is 1.74 bits per heavy atom. The number of anilines is 1. The van der Waals surface area contributed by atoms with Gasteiger partial charge in [0.1, 0.15) is 0 Å². The minimum absolute atomic E-state index is 0.0879. The maximum absolute atomic E-state index is 12.9. The van der Waals surface area contributed by atoms with E-state index in [9.17, 15) is 24.5 Å². The molecule has 31 heavy (non-hydrogen) atoms. The maximum Gasteiger partial charge on any atom is 0.270 e. The minimum atomic E-state index is -0.569. The summed E-state index contributed by atoms with van der Waals surface area (Å²) in [5.41, 5.74) is 1.45. The molecule has 1 N–H and O–H groups in total. The molecule has 0 bridgehead atoms. The van der Waals surface area contributed by atoms with E-state index in [1.165, 1.54) is 36.1 Å². The molecule has 3 aromatic rings. The Morgan fingerprint density at radius 3 is 2.42 bits per heavy atom. The molecular weight excluding hydrogens is 402 g/mol. The van der Waals surface area contributed by atoms with Crippen molar-refractivity contribution in [2.45, 2.75) is 20.0 Å². The summed E-state index contributed by atoms with van der Waals surface area (Å²) in [7, 11) is 0. The number of aromatic nitrogens is 2. The first kappa shape index (κ1) is 20.0. The van der Waals surface area contributed by atoms with Crippen LogP contribution >= 0.6 is 0 Å². The monoisotopic (exact) mass is 419 g/mol. The van der Waals surface area contributed by atoms with Gasteiger partial charge in [-0.15, -0.1) is 5.10 Å². The van der Waals surface area contributed by atoms with E-state index in [1.807, 2.05) is 0 Å². The Bertz CT molecular complexity index is 1220. The van der Waals surface area contributed by atoms with E-state index in [0.717, 1.165) is 4.68 Å². The van der Waals surface area contributed by atoms with Crippen LogP contribution in [0.3, 0.4) is 0 Å². The van der Waals surface area contributed by atoms with Gasteiger partial charge in [0.25, 0.3) is 17.5 Å². The van der Waals surface area contributed by atoms with Crippen LogP contribution in [0.25, 0.3) is 0 Å². The second-order valence-electron chi connectivity index (χ2n) is 6.99. The van der Waals surface area contributed by atoms with Crippen molar-refractivity contribution in [2.24, 2.45) is 0 Å². The van der Waals surface area contributed by atoms with Crippen molar-refractivity contribution >= 4 is 29.2 Å². The number of amides is 2. The number of benzene rings is 2. The first-order valence-corrected chi connectivity index (χ1v) is 9.37. The van der Waals surface area contributed by atoms with Crippen LogP contribution in [0, 0.1) is 10.1 Å². The molecule has 0 fully saturated rings. The van der Waals surface area contributed by atoms with Crippen molar-refractivity contribution < 1.29 is 19.3 Å². The quantitative estimate of drug-likeness (QED) is 0.512. The summed E-state index contributed by atoms with van der Waals surface area (Å²) in [5, 5.41) is 17.9. The minimum Gasteiger partial charge on any atom is -0.328 e. The third kappa shape index (κ3) is 3.78. The van der Waals surface area contributed by atoms with Gasteiger partial charge in [-0.25, -0.2) is 4.68 Å². The number of carbonyl (C=O) groups excluding carboxylic acids is 3. The van der Waals surface area contributed by atoms with Gasteiger partial charge in [0.2, 0.25) is 5.91 Å². The summed E-state index contributed by atoms with van der Waals surface area (Å²) in [4.78, 5) is 49.4. The van der Waals surface area contributed by atoms with E-state index >= 15 is 0 Å². The molecule has 0 radical (unpaired) electrons. The lowest BCUT2D eigenvalue weighted by Crippen LogP contribution is -2.27. The van der Waals surface area contributed by atoms with E-state index in [0.29, 0.717) is 16.8 Å². The van der Waals surface area contributed by atoms with Crippen LogP contribution in [0.15, 0.2) is 54.6 Å². The number of fused-ring (bicyclic) bond motifs is 1. The molecule has 1 aliphatic heterocycles. The second kappa shape index (κ2) is 7.82. The highest BCUT2D eigenvalue weighted by Crippen LogP contribution is 2.31. The van der Waals surface area contributed by atoms with Gasteiger partial charge in [-0.1, -0.05) is 24.3 Å². The molecule has 156 valence electrons. The molecule has 1 aliphatic rings. The Balaban J connectivity index is 1.61. The van der Waals surface area contributed by atoms with Crippen molar-refractivity contribution in [1.29, 1.82) is 0 Å². The lowest BCUT2D eigenvalue weighted by molar-refractivity contribution is -0.384. The Labute approximate surface area is 176 Å². The first-order chi connectivity index (χ1) is 14.8. The number of non-ortho nitro benzene ring substituents is 1. The van der Waals surface area contributed by atoms with E-state index in [1.54, 1.807) is 30.3 Å². The van der Waals surface area contributed by atoms with Gasteiger partial charge in [0.15, 0.2) is 5.82 Å². The van der Waals surface area contributed by atoms with Crippen molar-refractivity contribution in [2.75, 3.05) is 5.32 Å². The van der Waals surface area contributed by atoms with Crippen molar-refractivity contribution in [3.8, 4) is 0 Å². The average Bonchev–Trinajstić information content (AvgIpc) is 3.34. The van der Waals surface area contributed by atoms with Gasteiger partial charge >= 0.3 is 0 Å². The number of nitrogens with one attached hydrogen (secondary N) is 1. The molecule has 0 aliphatic carbocycles. The summed E-state index contributed by atoms with van der Waals surface area (Å²) in [6.45, 7) is 1.53. The normalized spacial score (nSPS) is 12.4. The zero-order valence-electron chi connectivity index (χ0n) is 16.4. The molecule has 2 amide bonds. The van der Waals surface area contributed by atoms with Gasteiger partial charge in [0, 0.05) is 35.7 Å². The molecule has 4 rings (SSSR count). The zero-order chi connectivity index (χ0) is 22.1. The van der Waals surface area contributed by atoms with E-state index in [2.05, 4.69) is 10.4 Å². The first-order valence-electron chi connectivity index (χ1n) is 9.37. The van der Waals surface area contributed by atoms with Gasteiger partial charge < -0.3 is 10.2 Å². The van der Waals surface area contributed by atoms with Crippen LogP contribution in [-0.4, -0.2) is 37.3 Å². The summed E-state index contributed by atoms with van der Waals surface area (Å²) in [6.07, 6.45) is 0. The second-order valence-corrected chi connectivity index (χ2v) is 6.99. The van der Waals surface area contributed by atoms with Crippen molar-refractivity contribution in [3.63, 3.8) is 0 Å². The number of rotatable bonds is 4. The maximum atomic E-state index is 12.9. The molecule has 10 nitrogen and oxygen atoms in total. The highest BCUT2D eigenvalue weighted by molar-refractivity contribution is 6.04. The van der Waals surface area contributed by atoms with Crippen LogP contribution in [-0.2, 0) is 13.1 Å². The third-order valence-electron chi connectivity index (χ3n) is 4.94. The predicted octanol–water partition coefficient (Wildman–Crippen LogP) is 2.86. The molecule has 0 saturated heterocycles. The molecule has 0 saturated carbocycles. The zero-order valence-corrected chi connectivity index (χ0v) is 16.4. The standard InChI is InChI=1S/C21H17N5O5/c1-13(27)25-18-12-24(21(29)15-8-5-9-16(10-15)26(30)31)11-17(18)19(23-25)22-20(28)14-6-3-2-4-7-14/h2-10H,11-12H2,1H3,(H,22,23,28). The average molecular weight is 419 g/mol. The molecule has 2 heterocycles. The Morgan fingerprint density at radius 1 is 1.03 bits per heavy atom. The van der Waals surface area contributed by atoms with Crippen LogP contribution in [0.5, 0.6) is 0 Å². The van der Waals surface area contributed by atoms with E-state index < -0.39 is 10.8 Å². The highest BCUT2D eigenvalue weighted by atomic mass is 16.6. The van der Waals surface area contributed by atoms with Crippen molar-refractivity contribution in [1.82, 2.24) is 14.7 Å². The van der Waals surface area contributed by atoms with Gasteiger partial charge in [-0.3, -0.25) is 24.5 Å². The fourth-order valence-corrected chi connectivity index (χ4v) is 3.45. The largest absolute Gasteiger partial charge is 0.328 e. The molecule has 0 unspecified atom stereocenters. The van der Waals surface area contributed by atoms with Crippen LogP contribution in [0.4, 0.5) is 11.5 Å². The number of hydrogen-bond acceptors (Lipinski definition) is 6. The Hall–Kier alpha value is -4.34. The number of nitro benzene ring substituents is 1. The SMILES string of the molecule is CC(=O)n1nc(NC(=O)c2ccccc2)c2c1CN(C(=O)c1cccc([N+](=O)[O-])c1)C2. The molecule has 0 spiro atoms. The number of hydrogen-bond donors (Lipinski definition) is 1. The topological polar surface area (TPSA) is 127 Å². The molecule has 2 aromatic carbocycles. The lowest BCUT2D eigenvalue weighted by atomic mass is 10.2. The van der Waals surface area contributed by atoms with Gasteiger partial charge in [-0.2, -0.15) is 0 Å². The number of nitrogens with zero attached hydrogens (tertiary/aromatic N) is 4. The lowest BCUT2D eigenvalue weighted by Gasteiger charge is -2.16. The predicted molar refractivity (Wildman–Crippen MR) is 110 cm³/mol. The van der Waals surface area contributed by atoms with Crippen LogP contribution in [0.2, 0.25) is 0 Å². The number of carbonyl (C=O) groups is 3. The van der Waals surface area contributed by atoms with E-state index in [4.69, 9.17) is 0 Å². The molecule has 10 heteroatoms. The fourth-order valence-electron chi connectivity index (χ4n) is 3.45. The van der Waals surface area contributed by atoms with Gasteiger partial charge in [0.05, 0.1) is 23.7 Å². The summed E-state index contributed by atoms with van der Waals surface area (Å²) < 4.78 is 1.16. The van der Waals surface area contributed by atoms with Crippen LogP contribution < -0.4 is 5.32 Å². The van der Waals surface area contributed by atoms with Gasteiger partial charge in [-0.05, 0) is 18.2 Å². The molecule has 0 atom stereocenters. The van der Waals surface area contributed by atoms with Crippen molar-refractivity contribution in [3.05, 3.63) is 87.1 Å².